The molecule has 4 heteroatoms. The summed E-state index contributed by atoms with van der Waals surface area (Å²) in [4.78, 5) is 8.69. The predicted octanol–water partition coefficient (Wildman–Crippen LogP) is 2.18. The molecule has 0 aromatic carbocycles. The minimum absolute atomic E-state index is 0.0150. The highest BCUT2D eigenvalue weighted by Crippen LogP contribution is 2.27. The summed E-state index contributed by atoms with van der Waals surface area (Å²) in [7, 11) is 0. The first kappa shape index (κ1) is 12.2. The molecule has 1 atom stereocenters. The van der Waals surface area contributed by atoms with Crippen LogP contribution in [0.4, 0.5) is 0 Å². The summed E-state index contributed by atoms with van der Waals surface area (Å²) in [6.07, 6.45) is 12.0. The van der Waals surface area contributed by atoms with Gasteiger partial charge in [0, 0.05) is 6.20 Å². The van der Waals surface area contributed by atoms with Gasteiger partial charge in [-0.2, -0.15) is 0 Å². The summed E-state index contributed by atoms with van der Waals surface area (Å²) in [6, 6.07) is 0.0150. The molecule has 1 aliphatic rings. The summed E-state index contributed by atoms with van der Waals surface area (Å²) in [5.74, 6) is 5.67. The molecule has 0 fully saturated rings. The summed E-state index contributed by atoms with van der Waals surface area (Å²) >= 11 is 0. The maximum absolute atomic E-state index is 5.67. The van der Waals surface area contributed by atoms with Crippen LogP contribution in [0.2, 0.25) is 0 Å². The molecule has 2 rings (SSSR count). The standard InChI is InChI=1S/C13H20N4/c1-10-8-16-12(9-15-10)13(17-14)11-6-4-2-3-5-7-11/h6,8-9,13,17H,2-5,7,14H2,1H3. The van der Waals surface area contributed by atoms with Gasteiger partial charge in [-0.3, -0.25) is 15.8 Å². The first-order chi connectivity index (χ1) is 8.31. The van der Waals surface area contributed by atoms with E-state index in [-0.39, 0.29) is 6.04 Å². The van der Waals surface area contributed by atoms with Gasteiger partial charge >= 0.3 is 0 Å². The summed E-state index contributed by atoms with van der Waals surface area (Å²) in [6.45, 7) is 1.94. The normalized spacial score (nSPS) is 18.4. The Morgan fingerprint density at radius 3 is 2.82 bits per heavy atom. The molecule has 1 aromatic rings. The average molecular weight is 232 g/mol. The van der Waals surface area contributed by atoms with E-state index in [1.54, 1.807) is 6.20 Å². The van der Waals surface area contributed by atoms with Gasteiger partial charge in [-0.25, -0.2) is 5.43 Å². The number of hydrazine groups is 1. The summed E-state index contributed by atoms with van der Waals surface area (Å²) in [5, 5.41) is 0. The topological polar surface area (TPSA) is 63.8 Å². The zero-order chi connectivity index (χ0) is 12.1. The molecule has 0 bridgehead atoms. The quantitative estimate of drug-likeness (QED) is 0.476. The SMILES string of the molecule is Cc1cnc(C(NN)C2=CCCCCC2)cn1. The number of hydrogen-bond donors (Lipinski definition) is 2. The Labute approximate surface area is 102 Å². The number of allylic oxidation sites excluding steroid dienone is 1. The Morgan fingerprint density at radius 2 is 2.12 bits per heavy atom. The fourth-order valence-corrected chi connectivity index (χ4v) is 2.24. The number of aromatic nitrogens is 2. The lowest BCUT2D eigenvalue weighted by molar-refractivity contribution is 0.577. The molecule has 4 nitrogen and oxygen atoms in total. The van der Waals surface area contributed by atoms with E-state index in [0.29, 0.717) is 0 Å². The Hall–Kier alpha value is -1.26. The average Bonchev–Trinajstić information content (AvgIpc) is 2.62. The van der Waals surface area contributed by atoms with E-state index in [1.165, 1.54) is 24.8 Å². The smallest absolute Gasteiger partial charge is 0.0857 e. The second kappa shape index (κ2) is 5.89. The van der Waals surface area contributed by atoms with Crippen LogP contribution in [0.1, 0.15) is 49.5 Å². The van der Waals surface area contributed by atoms with Crippen molar-refractivity contribution in [1.82, 2.24) is 15.4 Å². The molecule has 3 N–H and O–H groups in total. The van der Waals surface area contributed by atoms with E-state index in [4.69, 9.17) is 5.84 Å². The highest BCUT2D eigenvalue weighted by molar-refractivity contribution is 5.21. The van der Waals surface area contributed by atoms with E-state index in [2.05, 4.69) is 21.5 Å². The van der Waals surface area contributed by atoms with Crippen molar-refractivity contribution in [3.8, 4) is 0 Å². The predicted molar refractivity (Wildman–Crippen MR) is 68.0 cm³/mol. The molecule has 0 spiro atoms. The van der Waals surface area contributed by atoms with Gasteiger partial charge < -0.3 is 0 Å². The Balaban J connectivity index is 2.20. The van der Waals surface area contributed by atoms with Gasteiger partial charge in [0.15, 0.2) is 0 Å². The van der Waals surface area contributed by atoms with Gasteiger partial charge in [0.2, 0.25) is 0 Å². The van der Waals surface area contributed by atoms with Gasteiger partial charge in [-0.05, 0) is 38.2 Å². The highest BCUT2D eigenvalue weighted by atomic mass is 15.2. The minimum Gasteiger partial charge on any atom is -0.271 e. The molecular formula is C13H20N4. The lowest BCUT2D eigenvalue weighted by atomic mass is 10.00. The fraction of sp³-hybridized carbons (Fsp3) is 0.538. The molecule has 1 heterocycles. The van der Waals surface area contributed by atoms with Crippen molar-refractivity contribution in [1.29, 1.82) is 0 Å². The van der Waals surface area contributed by atoms with Crippen molar-refractivity contribution in [2.24, 2.45) is 5.84 Å². The number of nitrogens with one attached hydrogen (secondary N) is 1. The lowest BCUT2D eigenvalue weighted by Gasteiger charge is -2.18. The van der Waals surface area contributed by atoms with Gasteiger partial charge in [-0.1, -0.05) is 12.5 Å². The Morgan fingerprint density at radius 1 is 1.24 bits per heavy atom. The van der Waals surface area contributed by atoms with Crippen molar-refractivity contribution in [3.63, 3.8) is 0 Å². The molecule has 1 aliphatic carbocycles. The van der Waals surface area contributed by atoms with Crippen molar-refractivity contribution in [3.05, 3.63) is 35.4 Å². The van der Waals surface area contributed by atoms with Crippen molar-refractivity contribution >= 4 is 0 Å². The highest BCUT2D eigenvalue weighted by Gasteiger charge is 2.17. The molecule has 0 radical (unpaired) electrons. The van der Waals surface area contributed by atoms with Crippen LogP contribution in [0.15, 0.2) is 24.0 Å². The molecule has 92 valence electrons. The van der Waals surface area contributed by atoms with Crippen LogP contribution in [0.5, 0.6) is 0 Å². The van der Waals surface area contributed by atoms with E-state index in [1.807, 2.05) is 13.1 Å². The number of nitrogens with two attached hydrogens (primary N) is 1. The fourth-order valence-electron chi connectivity index (χ4n) is 2.24. The first-order valence-electron chi connectivity index (χ1n) is 6.25. The first-order valence-corrected chi connectivity index (χ1v) is 6.25. The third-order valence-electron chi connectivity index (χ3n) is 3.21. The van der Waals surface area contributed by atoms with Gasteiger partial charge in [0.25, 0.3) is 0 Å². The molecule has 1 unspecified atom stereocenters. The number of rotatable bonds is 3. The van der Waals surface area contributed by atoms with Crippen LogP contribution in [0.25, 0.3) is 0 Å². The third-order valence-corrected chi connectivity index (χ3v) is 3.21. The second-order valence-electron chi connectivity index (χ2n) is 4.56. The number of aryl methyl sites for hydroxylation is 1. The van der Waals surface area contributed by atoms with E-state index < -0.39 is 0 Å². The largest absolute Gasteiger partial charge is 0.271 e. The monoisotopic (exact) mass is 232 g/mol. The lowest BCUT2D eigenvalue weighted by Crippen LogP contribution is -2.30. The van der Waals surface area contributed by atoms with Crippen LogP contribution in [0, 0.1) is 6.92 Å². The zero-order valence-corrected chi connectivity index (χ0v) is 10.3. The van der Waals surface area contributed by atoms with Crippen LogP contribution in [-0.4, -0.2) is 9.97 Å². The Bertz CT molecular complexity index is 383. The third kappa shape index (κ3) is 3.11. The van der Waals surface area contributed by atoms with Crippen LogP contribution in [0.3, 0.4) is 0 Å². The summed E-state index contributed by atoms with van der Waals surface area (Å²) < 4.78 is 0. The zero-order valence-electron chi connectivity index (χ0n) is 10.3. The van der Waals surface area contributed by atoms with Crippen LogP contribution in [-0.2, 0) is 0 Å². The molecule has 0 saturated carbocycles. The van der Waals surface area contributed by atoms with E-state index >= 15 is 0 Å². The van der Waals surface area contributed by atoms with E-state index in [0.717, 1.165) is 24.2 Å². The molecule has 0 amide bonds. The van der Waals surface area contributed by atoms with Crippen LogP contribution < -0.4 is 11.3 Å². The molecule has 1 aromatic heterocycles. The number of nitrogens with zero attached hydrogens (tertiary/aromatic N) is 2. The second-order valence-corrected chi connectivity index (χ2v) is 4.56. The Kier molecular flexibility index (Phi) is 4.23. The van der Waals surface area contributed by atoms with Crippen molar-refractivity contribution < 1.29 is 0 Å². The molecule has 0 saturated heterocycles. The molecule has 17 heavy (non-hydrogen) atoms. The molecular weight excluding hydrogens is 212 g/mol. The summed E-state index contributed by atoms with van der Waals surface area (Å²) in [5.41, 5.74) is 6.05. The van der Waals surface area contributed by atoms with Crippen molar-refractivity contribution in [2.45, 2.75) is 45.1 Å². The van der Waals surface area contributed by atoms with Gasteiger partial charge in [0.1, 0.15) is 0 Å². The maximum Gasteiger partial charge on any atom is 0.0857 e. The molecule has 0 aliphatic heterocycles. The van der Waals surface area contributed by atoms with Crippen molar-refractivity contribution in [2.75, 3.05) is 0 Å². The van der Waals surface area contributed by atoms with E-state index in [9.17, 15) is 0 Å². The minimum atomic E-state index is 0.0150. The van der Waals surface area contributed by atoms with Crippen LogP contribution >= 0.6 is 0 Å². The number of hydrogen-bond acceptors (Lipinski definition) is 4. The maximum atomic E-state index is 5.67. The van der Waals surface area contributed by atoms with Gasteiger partial charge in [-0.15, -0.1) is 0 Å². The van der Waals surface area contributed by atoms with Gasteiger partial charge in [0.05, 0.1) is 23.6 Å².